The molecule has 3 unspecified atom stereocenters. The van der Waals surface area contributed by atoms with E-state index in [1.165, 1.54) is 19.3 Å². The molecule has 3 atom stereocenters. The summed E-state index contributed by atoms with van der Waals surface area (Å²) >= 11 is 0. The zero-order valence-corrected chi connectivity index (χ0v) is 13.3. The summed E-state index contributed by atoms with van der Waals surface area (Å²) in [6.07, 6.45) is 5.35. The van der Waals surface area contributed by atoms with Crippen molar-refractivity contribution in [3.05, 3.63) is 23.8 Å². The number of methoxy groups -OCH3 is 2. The minimum absolute atomic E-state index is 0.140. The molecular weight excluding hydrogens is 266 g/mol. The molecule has 0 radical (unpaired) electrons. The van der Waals surface area contributed by atoms with Gasteiger partial charge < -0.3 is 19.9 Å². The normalized spacial score (nSPS) is 23.6. The van der Waals surface area contributed by atoms with Gasteiger partial charge in [-0.1, -0.05) is 25.8 Å². The number of ether oxygens (including phenoxy) is 3. The first kappa shape index (κ1) is 16.1. The van der Waals surface area contributed by atoms with Gasteiger partial charge in [-0.25, -0.2) is 0 Å². The molecule has 1 fully saturated rings. The predicted octanol–water partition coefficient (Wildman–Crippen LogP) is 3.30. The molecule has 2 N–H and O–H groups in total. The highest BCUT2D eigenvalue weighted by Gasteiger charge is 2.22. The van der Waals surface area contributed by atoms with Crippen LogP contribution < -0.4 is 15.2 Å². The molecule has 0 aromatic heterocycles. The Kier molecular flexibility index (Phi) is 5.88. The Balaban J connectivity index is 1.95. The Morgan fingerprint density at radius 1 is 1.14 bits per heavy atom. The fourth-order valence-corrected chi connectivity index (χ4v) is 2.94. The molecule has 0 amide bonds. The van der Waals surface area contributed by atoms with Crippen molar-refractivity contribution < 1.29 is 14.2 Å². The van der Waals surface area contributed by atoms with Crippen LogP contribution in [0.4, 0.5) is 0 Å². The molecule has 21 heavy (non-hydrogen) atoms. The smallest absolute Gasteiger partial charge is 0.161 e. The van der Waals surface area contributed by atoms with Gasteiger partial charge in [-0.05, 0) is 36.5 Å². The largest absolute Gasteiger partial charge is 0.493 e. The molecule has 0 heterocycles. The molecule has 2 rings (SSSR count). The lowest BCUT2D eigenvalue weighted by Crippen LogP contribution is -2.29. The second-order valence-corrected chi connectivity index (χ2v) is 5.85. The number of hydrogen-bond donors (Lipinski definition) is 1. The van der Waals surface area contributed by atoms with Crippen molar-refractivity contribution in [2.24, 2.45) is 11.7 Å². The predicted molar refractivity (Wildman–Crippen MR) is 83.8 cm³/mol. The van der Waals surface area contributed by atoms with Crippen LogP contribution in [0.5, 0.6) is 11.5 Å². The minimum Gasteiger partial charge on any atom is -0.493 e. The second-order valence-electron chi connectivity index (χ2n) is 5.85. The third kappa shape index (κ3) is 4.11. The first-order valence-electron chi connectivity index (χ1n) is 7.74. The van der Waals surface area contributed by atoms with Gasteiger partial charge in [0.1, 0.15) is 0 Å². The summed E-state index contributed by atoms with van der Waals surface area (Å²) in [6, 6.07) is 5.65. The molecular formula is C17H27NO3. The van der Waals surface area contributed by atoms with Crippen molar-refractivity contribution in [3.8, 4) is 11.5 Å². The lowest BCUT2D eigenvalue weighted by Gasteiger charge is -2.29. The maximum absolute atomic E-state index is 6.25. The van der Waals surface area contributed by atoms with Crippen molar-refractivity contribution in [2.45, 2.75) is 44.8 Å². The van der Waals surface area contributed by atoms with Crippen molar-refractivity contribution >= 4 is 0 Å². The first-order valence-corrected chi connectivity index (χ1v) is 7.74. The lowest BCUT2D eigenvalue weighted by molar-refractivity contribution is -0.0113. The van der Waals surface area contributed by atoms with Crippen molar-refractivity contribution in [1.82, 2.24) is 0 Å². The Labute approximate surface area is 127 Å². The Bertz CT molecular complexity index is 450. The van der Waals surface area contributed by atoms with E-state index in [1.807, 2.05) is 18.2 Å². The molecule has 0 spiro atoms. The summed E-state index contributed by atoms with van der Waals surface area (Å²) in [6.45, 7) is 2.82. The van der Waals surface area contributed by atoms with Crippen molar-refractivity contribution in [3.63, 3.8) is 0 Å². The first-order chi connectivity index (χ1) is 10.2. The topological polar surface area (TPSA) is 53.7 Å². The van der Waals surface area contributed by atoms with Crippen molar-refractivity contribution in [2.75, 3.05) is 20.8 Å². The third-order valence-electron chi connectivity index (χ3n) is 4.36. The summed E-state index contributed by atoms with van der Waals surface area (Å²) in [7, 11) is 3.26. The standard InChI is InChI=1S/C17H27NO3/c1-12-6-4-5-7-15(12)21-11-14(18)13-8-9-16(19-2)17(10-13)20-3/h8-10,12,14-15H,4-7,11,18H2,1-3H3. The third-order valence-corrected chi connectivity index (χ3v) is 4.36. The van der Waals surface area contributed by atoms with Crippen LogP contribution in [0.1, 0.15) is 44.2 Å². The molecule has 1 aliphatic rings. The lowest BCUT2D eigenvalue weighted by atomic mass is 9.88. The molecule has 1 aromatic carbocycles. The summed E-state index contributed by atoms with van der Waals surface area (Å²) in [4.78, 5) is 0. The second kappa shape index (κ2) is 7.66. The maximum atomic E-state index is 6.25. The van der Waals surface area contributed by atoms with Crippen LogP contribution in [0.3, 0.4) is 0 Å². The molecule has 0 aliphatic heterocycles. The van der Waals surface area contributed by atoms with Gasteiger partial charge in [-0.3, -0.25) is 0 Å². The van der Waals surface area contributed by atoms with E-state index in [0.717, 1.165) is 17.7 Å². The summed E-state index contributed by atoms with van der Waals surface area (Å²) in [5, 5.41) is 0. The van der Waals surface area contributed by atoms with E-state index in [0.29, 0.717) is 24.4 Å². The van der Waals surface area contributed by atoms with E-state index < -0.39 is 0 Å². The van der Waals surface area contributed by atoms with Crippen LogP contribution >= 0.6 is 0 Å². The van der Waals surface area contributed by atoms with Gasteiger partial charge in [0, 0.05) is 0 Å². The molecule has 4 heteroatoms. The average molecular weight is 293 g/mol. The van der Waals surface area contributed by atoms with E-state index >= 15 is 0 Å². The van der Waals surface area contributed by atoms with E-state index in [4.69, 9.17) is 19.9 Å². The van der Waals surface area contributed by atoms with Gasteiger partial charge >= 0.3 is 0 Å². The molecule has 1 aliphatic carbocycles. The van der Waals surface area contributed by atoms with Gasteiger partial charge in [0.2, 0.25) is 0 Å². The molecule has 4 nitrogen and oxygen atoms in total. The zero-order chi connectivity index (χ0) is 15.2. The highest BCUT2D eigenvalue weighted by Crippen LogP contribution is 2.30. The fraction of sp³-hybridized carbons (Fsp3) is 0.647. The van der Waals surface area contributed by atoms with Crippen molar-refractivity contribution in [1.29, 1.82) is 0 Å². The zero-order valence-electron chi connectivity index (χ0n) is 13.3. The Morgan fingerprint density at radius 3 is 2.52 bits per heavy atom. The van der Waals surface area contributed by atoms with E-state index in [-0.39, 0.29) is 6.04 Å². The summed E-state index contributed by atoms with van der Waals surface area (Å²) in [5.74, 6) is 2.06. The minimum atomic E-state index is -0.140. The van der Waals surface area contributed by atoms with E-state index in [1.54, 1.807) is 14.2 Å². The van der Waals surface area contributed by atoms with Crippen LogP contribution in [-0.4, -0.2) is 26.9 Å². The van der Waals surface area contributed by atoms with Crippen LogP contribution in [0.2, 0.25) is 0 Å². The molecule has 0 bridgehead atoms. The number of rotatable bonds is 6. The fourth-order valence-electron chi connectivity index (χ4n) is 2.94. The molecule has 0 saturated heterocycles. The Hall–Kier alpha value is -1.26. The van der Waals surface area contributed by atoms with Gasteiger partial charge in [0.05, 0.1) is 33.0 Å². The van der Waals surface area contributed by atoms with E-state index in [9.17, 15) is 0 Å². The molecule has 1 aromatic rings. The van der Waals surface area contributed by atoms with E-state index in [2.05, 4.69) is 6.92 Å². The highest BCUT2D eigenvalue weighted by atomic mass is 16.5. The highest BCUT2D eigenvalue weighted by molar-refractivity contribution is 5.43. The SMILES string of the molecule is COc1ccc(C(N)COC2CCCCC2C)cc1OC. The quantitative estimate of drug-likeness (QED) is 0.874. The van der Waals surface area contributed by atoms with Crippen LogP contribution in [0.25, 0.3) is 0 Å². The van der Waals surface area contributed by atoms with Gasteiger partial charge in [0.15, 0.2) is 11.5 Å². The number of nitrogens with two attached hydrogens (primary N) is 1. The van der Waals surface area contributed by atoms with Crippen LogP contribution in [0, 0.1) is 5.92 Å². The monoisotopic (exact) mass is 293 g/mol. The maximum Gasteiger partial charge on any atom is 0.161 e. The average Bonchev–Trinajstić information content (AvgIpc) is 2.53. The van der Waals surface area contributed by atoms with Crippen LogP contribution in [-0.2, 0) is 4.74 Å². The summed E-state index contributed by atoms with van der Waals surface area (Å²) < 4.78 is 16.6. The molecule has 1 saturated carbocycles. The molecule has 118 valence electrons. The number of hydrogen-bond acceptors (Lipinski definition) is 4. The Morgan fingerprint density at radius 2 is 1.86 bits per heavy atom. The van der Waals surface area contributed by atoms with Gasteiger partial charge in [-0.15, -0.1) is 0 Å². The number of benzene rings is 1. The van der Waals surface area contributed by atoms with Gasteiger partial charge in [0.25, 0.3) is 0 Å². The van der Waals surface area contributed by atoms with Crippen LogP contribution in [0.15, 0.2) is 18.2 Å². The summed E-state index contributed by atoms with van der Waals surface area (Å²) in [5.41, 5.74) is 7.26. The van der Waals surface area contributed by atoms with Gasteiger partial charge in [-0.2, -0.15) is 0 Å².